The first kappa shape index (κ1) is 14.0. The van der Waals surface area contributed by atoms with Crippen LogP contribution >= 0.6 is 12.6 Å². The smallest absolute Gasteiger partial charge is 0.0586 e. The molecular weight excluding hydrogens is 240 g/mol. The van der Waals surface area contributed by atoms with Gasteiger partial charge in [0, 0.05) is 5.41 Å². The fraction of sp³-hybridized carbons (Fsp3) is 0.625. The Balaban J connectivity index is 2.35. The zero-order valence-corrected chi connectivity index (χ0v) is 12.8. The minimum Gasteiger partial charge on any atom is -0.379 e. The molecule has 100 valence electrons. The van der Waals surface area contributed by atoms with Gasteiger partial charge in [-0.15, -0.1) is 0 Å². The summed E-state index contributed by atoms with van der Waals surface area (Å²) in [5, 5.41) is 0. The summed E-state index contributed by atoms with van der Waals surface area (Å²) in [5.74, 6) is 0.920. The molecule has 1 aliphatic rings. The molecule has 0 aliphatic carbocycles. The van der Waals surface area contributed by atoms with Crippen LogP contribution in [0.5, 0.6) is 0 Å². The summed E-state index contributed by atoms with van der Waals surface area (Å²) < 4.78 is 5.46. The Morgan fingerprint density at radius 2 is 1.94 bits per heavy atom. The van der Waals surface area contributed by atoms with E-state index in [1.54, 1.807) is 0 Å². The molecule has 1 saturated heterocycles. The van der Waals surface area contributed by atoms with E-state index in [1.165, 1.54) is 16.7 Å². The van der Waals surface area contributed by atoms with Gasteiger partial charge in [0.1, 0.15) is 0 Å². The summed E-state index contributed by atoms with van der Waals surface area (Å²) in [5.41, 5.74) is 4.70. The van der Waals surface area contributed by atoms with Crippen LogP contribution < -0.4 is 0 Å². The van der Waals surface area contributed by atoms with Crippen LogP contribution in [-0.4, -0.2) is 19.0 Å². The maximum Gasteiger partial charge on any atom is 0.0586 e. The first-order valence-electron chi connectivity index (χ1n) is 6.69. The summed E-state index contributed by atoms with van der Waals surface area (Å²) >= 11 is 4.40. The molecule has 0 radical (unpaired) electrons. The molecule has 0 aromatic heterocycles. The lowest BCUT2D eigenvalue weighted by Crippen LogP contribution is -2.47. The number of ether oxygens (including phenoxy) is 1. The van der Waals surface area contributed by atoms with Gasteiger partial charge in [-0.25, -0.2) is 0 Å². The standard InChI is InChI=1S/C16H24OS/c1-12-9-13(15(2,3)4)5-6-14(12)16(7-8-18)10-17-11-16/h5-6,9,18H,7-8,10-11H2,1-4H3. The Bertz CT molecular complexity index is 427. The second kappa shape index (κ2) is 4.90. The highest BCUT2D eigenvalue weighted by molar-refractivity contribution is 7.80. The zero-order chi connectivity index (χ0) is 13.4. The van der Waals surface area contributed by atoms with Crippen molar-refractivity contribution in [3.63, 3.8) is 0 Å². The van der Waals surface area contributed by atoms with Gasteiger partial charge in [0.15, 0.2) is 0 Å². The van der Waals surface area contributed by atoms with Crippen LogP contribution in [0.3, 0.4) is 0 Å². The van der Waals surface area contributed by atoms with Crippen LogP contribution in [0.15, 0.2) is 18.2 Å². The highest BCUT2D eigenvalue weighted by Gasteiger charge is 2.40. The lowest BCUT2D eigenvalue weighted by Gasteiger charge is -2.43. The molecule has 1 aromatic rings. The van der Waals surface area contributed by atoms with Crippen molar-refractivity contribution >= 4 is 12.6 Å². The third-order valence-corrected chi connectivity index (χ3v) is 4.23. The summed E-state index contributed by atoms with van der Waals surface area (Å²) in [6, 6.07) is 6.93. The van der Waals surface area contributed by atoms with Crippen molar-refractivity contribution in [2.24, 2.45) is 0 Å². The molecule has 1 heterocycles. The molecule has 0 N–H and O–H groups in total. The Labute approximate surface area is 116 Å². The predicted octanol–water partition coefficient (Wildman–Crippen LogP) is 3.88. The van der Waals surface area contributed by atoms with E-state index in [0.29, 0.717) is 0 Å². The summed E-state index contributed by atoms with van der Waals surface area (Å²) in [6.45, 7) is 10.7. The molecule has 0 unspecified atom stereocenters. The monoisotopic (exact) mass is 264 g/mol. The number of hydrogen-bond donors (Lipinski definition) is 1. The zero-order valence-electron chi connectivity index (χ0n) is 11.9. The number of rotatable bonds is 3. The first-order chi connectivity index (χ1) is 8.39. The van der Waals surface area contributed by atoms with E-state index < -0.39 is 0 Å². The molecule has 1 aliphatic heterocycles. The molecule has 2 heteroatoms. The second-order valence-corrected chi connectivity index (χ2v) is 6.97. The van der Waals surface area contributed by atoms with Gasteiger partial charge >= 0.3 is 0 Å². The molecule has 0 atom stereocenters. The van der Waals surface area contributed by atoms with E-state index >= 15 is 0 Å². The minimum absolute atomic E-state index is 0.218. The SMILES string of the molecule is Cc1cc(C(C)(C)C)ccc1C1(CCS)COC1. The Hall–Kier alpha value is -0.470. The van der Waals surface area contributed by atoms with E-state index in [0.717, 1.165) is 25.4 Å². The van der Waals surface area contributed by atoms with Crippen LogP contribution in [0.4, 0.5) is 0 Å². The molecular formula is C16H24OS. The van der Waals surface area contributed by atoms with E-state index in [4.69, 9.17) is 4.74 Å². The van der Waals surface area contributed by atoms with Crippen LogP contribution in [0.25, 0.3) is 0 Å². The predicted molar refractivity (Wildman–Crippen MR) is 80.8 cm³/mol. The van der Waals surface area contributed by atoms with Gasteiger partial charge in [-0.2, -0.15) is 12.6 Å². The van der Waals surface area contributed by atoms with Gasteiger partial charge in [-0.3, -0.25) is 0 Å². The molecule has 1 nitrogen and oxygen atoms in total. The van der Waals surface area contributed by atoms with Crippen LogP contribution in [0.1, 0.15) is 43.9 Å². The van der Waals surface area contributed by atoms with Crippen molar-refractivity contribution < 1.29 is 4.74 Å². The van der Waals surface area contributed by atoms with Crippen molar-refractivity contribution in [2.45, 2.75) is 44.9 Å². The van der Waals surface area contributed by atoms with Gasteiger partial charge in [-0.05, 0) is 41.2 Å². The van der Waals surface area contributed by atoms with Gasteiger partial charge in [0.05, 0.1) is 13.2 Å². The quantitative estimate of drug-likeness (QED) is 0.815. The largest absolute Gasteiger partial charge is 0.379 e. The third-order valence-electron chi connectivity index (χ3n) is 4.01. The fourth-order valence-electron chi connectivity index (χ4n) is 2.72. The number of benzene rings is 1. The van der Waals surface area contributed by atoms with E-state index in [-0.39, 0.29) is 10.8 Å². The van der Waals surface area contributed by atoms with Gasteiger partial charge in [0.25, 0.3) is 0 Å². The van der Waals surface area contributed by atoms with Crippen molar-refractivity contribution in [2.75, 3.05) is 19.0 Å². The average Bonchev–Trinajstić information content (AvgIpc) is 2.22. The maximum atomic E-state index is 5.46. The van der Waals surface area contributed by atoms with Crippen LogP contribution in [0, 0.1) is 6.92 Å². The molecule has 1 fully saturated rings. The minimum atomic E-state index is 0.218. The van der Waals surface area contributed by atoms with Crippen LogP contribution in [-0.2, 0) is 15.6 Å². The Morgan fingerprint density at radius 1 is 1.28 bits per heavy atom. The molecule has 0 spiro atoms. The number of hydrogen-bond acceptors (Lipinski definition) is 2. The summed E-state index contributed by atoms with van der Waals surface area (Å²) in [4.78, 5) is 0. The van der Waals surface area contributed by atoms with Crippen LogP contribution in [0.2, 0.25) is 0 Å². The van der Waals surface area contributed by atoms with E-state index in [2.05, 4.69) is 58.5 Å². The van der Waals surface area contributed by atoms with E-state index in [9.17, 15) is 0 Å². The first-order valence-corrected chi connectivity index (χ1v) is 7.32. The Kier molecular flexibility index (Phi) is 3.80. The molecule has 0 amide bonds. The molecule has 0 saturated carbocycles. The maximum absolute atomic E-state index is 5.46. The summed E-state index contributed by atoms with van der Waals surface area (Å²) in [7, 11) is 0. The van der Waals surface area contributed by atoms with Crippen molar-refractivity contribution in [3.8, 4) is 0 Å². The van der Waals surface area contributed by atoms with Crippen molar-refractivity contribution in [3.05, 3.63) is 34.9 Å². The highest BCUT2D eigenvalue weighted by Crippen LogP contribution is 2.39. The topological polar surface area (TPSA) is 9.23 Å². The number of aryl methyl sites for hydroxylation is 1. The molecule has 1 aromatic carbocycles. The lowest BCUT2D eigenvalue weighted by molar-refractivity contribution is -0.0616. The normalized spacial score (nSPS) is 18.5. The van der Waals surface area contributed by atoms with Crippen molar-refractivity contribution in [1.29, 1.82) is 0 Å². The molecule has 0 bridgehead atoms. The molecule has 18 heavy (non-hydrogen) atoms. The third kappa shape index (κ3) is 2.46. The molecule has 2 rings (SSSR count). The van der Waals surface area contributed by atoms with Gasteiger partial charge in [-0.1, -0.05) is 39.0 Å². The highest BCUT2D eigenvalue weighted by atomic mass is 32.1. The Morgan fingerprint density at radius 3 is 2.33 bits per heavy atom. The van der Waals surface area contributed by atoms with E-state index in [1.807, 2.05) is 0 Å². The van der Waals surface area contributed by atoms with Gasteiger partial charge in [0.2, 0.25) is 0 Å². The van der Waals surface area contributed by atoms with Gasteiger partial charge < -0.3 is 4.74 Å². The second-order valence-electron chi connectivity index (χ2n) is 6.53. The fourth-order valence-corrected chi connectivity index (χ4v) is 3.15. The average molecular weight is 264 g/mol. The van der Waals surface area contributed by atoms with Crippen molar-refractivity contribution in [1.82, 2.24) is 0 Å². The lowest BCUT2D eigenvalue weighted by atomic mass is 9.73. The summed E-state index contributed by atoms with van der Waals surface area (Å²) in [6.07, 6.45) is 1.10. The number of thiol groups is 1.